The van der Waals surface area contributed by atoms with E-state index in [0.29, 0.717) is 18.5 Å². The highest BCUT2D eigenvalue weighted by Gasteiger charge is 2.29. The Hall–Kier alpha value is -1.36. The van der Waals surface area contributed by atoms with E-state index in [4.69, 9.17) is 4.98 Å². The molecule has 0 atom stereocenters. The molecule has 0 spiro atoms. The number of nitrogens with zero attached hydrogens (tertiary/aromatic N) is 3. The Bertz CT molecular complexity index is 443. The fourth-order valence-corrected chi connectivity index (χ4v) is 2.29. The van der Waals surface area contributed by atoms with Gasteiger partial charge >= 0.3 is 0 Å². The molecule has 1 heterocycles. The highest BCUT2D eigenvalue weighted by molar-refractivity contribution is 5.59. The van der Waals surface area contributed by atoms with Crippen molar-refractivity contribution in [3.63, 3.8) is 0 Å². The van der Waals surface area contributed by atoms with Gasteiger partial charge in [-0.15, -0.1) is 0 Å². The van der Waals surface area contributed by atoms with Gasteiger partial charge in [-0.3, -0.25) is 0 Å². The van der Waals surface area contributed by atoms with Crippen molar-refractivity contribution >= 4 is 11.6 Å². The first-order valence-electron chi connectivity index (χ1n) is 7.02. The van der Waals surface area contributed by atoms with Crippen molar-refractivity contribution in [1.82, 2.24) is 9.97 Å². The van der Waals surface area contributed by atoms with Gasteiger partial charge in [-0.25, -0.2) is 9.97 Å². The van der Waals surface area contributed by atoms with E-state index in [2.05, 4.69) is 29.0 Å². The van der Waals surface area contributed by atoms with Crippen LogP contribution in [0.15, 0.2) is 0 Å². The zero-order valence-corrected chi connectivity index (χ0v) is 12.3. The Morgan fingerprint density at radius 3 is 2.53 bits per heavy atom. The van der Waals surface area contributed by atoms with Crippen molar-refractivity contribution in [2.45, 2.75) is 45.6 Å². The summed E-state index contributed by atoms with van der Waals surface area (Å²) in [5.74, 6) is 3.31. The number of aliphatic hydroxyl groups excluding tert-OH is 1. The van der Waals surface area contributed by atoms with Crippen LogP contribution in [0.4, 0.5) is 11.6 Å². The van der Waals surface area contributed by atoms with E-state index in [0.717, 1.165) is 23.0 Å². The summed E-state index contributed by atoms with van der Waals surface area (Å²) in [4.78, 5) is 11.5. The highest BCUT2D eigenvalue weighted by atomic mass is 16.3. The Morgan fingerprint density at radius 2 is 2.05 bits per heavy atom. The van der Waals surface area contributed by atoms with E-state index in [1.54, 1.807) is 0 Å². The van der Waals surface area contributed by atoms with Crippen LogP contribution in [0.2, 0.25) is 0 Å². The van der Waals surface area contributed by atoms with Crippen LogP contribution in [0.5, 0.6) is 0 Å². The summed E-state index contributed by atoms with van der Waals surface area (Å²) in [5, 5.41) is 12.4. The van der Waals surface area contributed by atoms with Crippen LogP contribution in [-0.4, -0.2) is 41.3 Å². The Balaban J connectivity index is 2.43. The fourth-order valence-electron chi connectivity index (χ4n) is 2.29. The number of rotatable bonds is 6. The first-order chi connectivity index (χ1) is 9.08. The van der Waals surface area contributed by atoms with Gasteiger partial charge in [0, 0.05) is 31.1 Å². The molecule has 1 fully saturated rings. The van der Waals surface area contributed by atoms with E-state index < -0.39 is 0 Å². The monoisotopic (exact) mass is 264 g/mol. The molecule has 0 unspecified atom stereocenters. The lowest BCUT2D eigenvalue weighted by Gasteiger charge is -2.29. The maximum absolute atomic E-state index is 9.25. The van der Waals surface area contributed by atoms with Crippen molar-refractivity contribution in [3.8, 4) is 0 Å². The molecule has 0 aliphatic heterocycles. The molecule has 1 aliphatic rings. The standard InChI is InChI=1S/C14H24N4O/c1-9(2)18(7-8-19)14-10(3)12(15-4)16-13(17-14)11-5-6-11/h9,11,19H,5-8H2,1-4H3,(H,15,16,17). The molecule has 5 heteroatoms. The summed E-state index contributed by atoms with van der Waals surface area (Å²) in [5.41, 5.74) is 1.05. The molecule has 1 aromatic rings. The maximum atomic E-state index is 9.25. The lowest BCUT2D eigenvalue weighted by atomic mass is 10.2. The van der Waals surface area contributed by atoms with Crippen LogP contribution in [-0.2, 0) is 0 Å². The predicted octanol–water partition coefficient (Wildman–Crippen LogP) is 1.91. The molecule has 1 saturated carbocycles. The normalized spacial score (nSPS) is 14.8. The van der Waals surface area contributed by atoms with Gasteiger partial charge in [0.2, 0.25) is 0 Å². The second-order valence-corrected chi connectivity index (χ2v) is 5.41. The Labute approximate surface area is 115 Å². The lowest BCUT2D eigenvalue weighted by Crippen LogP contribution is -2.35. The first kappa shape index (κ1) is 14.1. The molecule has 0 aromatic carbocycles. The molecule has 1 aromatic heterocycles. The van der Waals surface area contributed by atoms with Crippen LogP contribution >= 0.6 is 0 Å². The lowest BCUT2D eigenvalue weighted by molar-refractivity contribution is 0.298. The topological polar surface area (TPSA) is 61.3 Å². The summed E-state index contributed by atoms with van der Waals surface area (Å²) in [6, 6.07) is 0.303. The fraction of sp³-hybridized carbons (Fsp3) is 0.714. The largest absolute Gasteiger partial charge is 0.395 e. The number of aromatic nitrogens is 2. The van der Waals surface area contributed by atoms with Gasteiger partial charge in [0.25, 0.3) is 0 Å². The van der Waals surface area contributed by atoms with Crippen molar-refractivity contribution in [1.29, 1.82) is 0 Å². The molecule has 2 N–H and O–H groups in total. The Kier molecular flexibility index (Phi) is 4.24. The van der Waals surface area contributed by atoms with Crippen LogP contribution in [0.25, 0.3) is 0 Å². The number of nitrogens with one attached hydrogen (secondary N) is 1. The summed E-state index contributed by atoms with van der Waals surface area (Å²) in [6.45, 7) is 7.00. The number of hydrogen-bond donors (Lipinski definition) is 2. The van der Waals surface area contributed by atoms with Gasteiger partial charge in [0.15, 0.2) is 0 Å². The smallest absolute Gasteiger partial charge is 0.137 e. The van der Waals surface area contributed by atoms with Crippen molar-refractivity contribution < 1.29 is 5.11 Å². The summed E-state index contributed by atoms with van der Waals surface area (Å²) < 4.78 is 0. The molecular formula is C14H24N4O. The third-order valence-corrected chi connectivity index (χ3v) is 3.55. The molecule has 2 rings (SSSR count). The molecule has 0 radical (unpaired) electrons. The van der Waals surface area contributed by atoms with Gasteiger partial charge in [0.05, 0.1) is 6.61 Å². The van der Waals surface area contributed by atoms with Gasteiger partial charge < -0.3 is 15.3 Å². The van der Waals surface area contributed by atoms with E-state index >= 15 is 0 Å². The van der Waals surface area contributed by atoms with Gasteiger partial charge in [-0.1, -0.05) is 0 Å². The molecule has 5 nitrogen and oxygen atoms in total. The molecule has 1 aliphatic carbocycles. The third kappa shape index (κ3) is 2.97. The Morgan fingerprint density at radius 1 is 1.37 bits per heavy atom. The van der Waals surface area contributed by atoms with E-state index in [9.17, 15) is 5.11 Å². The SMILES string of the molecule is CNc1nc(C2CC2)nc(N(CCO)C(C)C)c1C. The van der Waals surface area contributed by atoms with Gasteiger partial charge in [-0.05, 0) is 33.6 Å². The average Bonchev–Trinajstić information content (AvgIpc) is 3.20. The molecule has 19 heavy (non-hydrogen) atoms. The second kappa shape index (κ2) is 5.74. The van der Waals surface area contributed by atoms with Gasteiger partial charge in [-0.2, -0.15) is 0 Å². The average molecular weight is 264 g/mol. The molecular weight excluding hydrogens is 240 g/mol. The minimum Gasteiger partial charge on any atom is -0.395 e. The molecule has 0 amide bonds. The maximum Gasteiger partial charge on any atom is 0.137 e. The van der Waals surface area contributed by atoms with Crippen LogP contribution in [0, 0.1) is 6.92 Å². The van der Waals surface area contributed by atoms with Crippen LogP contribution in [0.1, 0.15) is 44.0 Å². The van der Waals surface area contributed by atoms with E-state index in [1.807, 2.05) is 14.0 Å². The predicted molar refractivity (Wildman–Crippen MR) is 77.9 cm³/mol. The summed E-state index contributed by atoms with van der Waals surface area (Å²) in [6.07, 6.45) is 2.38. The summed E-state index contributed by atoms with van der Waals surface area (Å²) in [7, 11) is 1.89. The van der Waals surface area contributed by atoms with Crippen LogP contribution in [0.3, 0.4) is 0 Å². The quantitative estimate of drug-likeness (QED) is 0.822. The minimum atomic E-state index is 0.134. The molecule has 0 saturated heterocycles. The van der Waals surface area contributed by atoms with E-state index in [1.165, 1.54) is 12.8 Å². The number of hydrogen-bond acceptors (Lipinski definition) is 5. The first-order valence-corrected chi connectivity index (χ1v) is 7.02. The highest BCUT2D eigenvalue weighted by Crippen LogP contribution is 2.40. The van der Waals surface area contributed by atoms with E-state index in [-0.39, 0.29) is 6.61 Å². The van der Waals surface area contributed by atoms with Crippen molar-refractivity contribution in [2.75, 3.05) is 30.4 Å². The van der Waals surface area contributed by atoms with Gasteiger partial charge in [0.1, 0.15) is 17.5 Å². The van der Waals surface area contributed by atoms with Crippen molar-refractivity contribution in [3.05, 3.63) is 11.4 Å². The molecule has 106 valence electrons. The van der Waals surface area contributed by atoms with Crippen LogP contribution < -0.4 is 10.2 Å². The zero-order chi connectivity index (χ0) is 14.0. The molecule has 0 bridgehead atoms. The third-order valence-electron chi connectivity index (χ3n) is 3.55. The summed E-state index contributed by atoms with van der Waals surface area (Å²) >= 11 is 0. The number of aliphatic hydroxyl groups is 1. The number of anilines is 2. The zero-order valence-electron chi connectivity index (χ0n) is 12.3. The van der Waals surface area contributed by atoms with Crippen molar-refractivity contribution in [2.24, 2.45) is 0 Å². The second-order valence-electron chi connectivity index (χ2n) is 5.41. The minimum absolute atomic E-state index is 0.134.